The van der Waals surface area contributed by atoms with E-state index in [0.717, 1.165) is 29.8 Å². The Labute approximate surface area is 159 Å². The number of carbonyl (C=O) groups is 1. The molecule has 0 aliphatic carbocycles. The molecule has 136 valence electrons. The van der Waals surface area contributed by atoms with E-state index in [-0.39, 0.29) is 5.91 Å². The third-order valence-corrected chi connectivity index (χ3v) is 4.42. The summed E-state index contributed by atoms with van der Waals surface area (Å²) in [6, 6.07) is 12.0. The first-order valence-electron chi connectivity index (χ1n) is 8.39. The van der Waals surface area contributed by atoms with Crippen molar-refractivity contribution in [2.24, 2.45) is 0 Å². The van der Waals surface area contributed by atoms with Gasteiger partial charge in [0.1, 0.15) is 5.75 Å². The number of amides is 1. The van der Waals surface area contributed by atoms with Crippen LogP contribution >= 0.6 is 23.2 Å². The van der Waals surface area contributed by atoms with Crippen LogP contribution in [0.4, 0.5) is 0 Å². The fourth-order valence-corrected chi connectivity index (χ4v) is 2.94. The molecule has 0 spiro atoms. The summed E-state index contributed by atoms with van der Waals surface area (Å²) in [6.45, 7) is 3.94. The Kier molecular flexibility index (Phi) is 7.66. The average molecular weight is 383 g/mol. The molecule has 4 nitrogen and oxygen atoms in total. The van der Waals surface area contributed by atoms with Crippen molar-refractivity contribution >= 4 is 29.1 Å². The van der Waals surface area contributed by atoms with Gasteiger partial charge in [0.15, 0.2) is 4.84 Å². The summed E-state index contributed by atoms with van der Waals surface area (Å²) in [5, 5.41) is 0. The van der Waals surface area contributed by atoms with E-state index in [1.165, 1.54) is 0 Å². The third kappa shape index (κ3) is 5.68. The number of unbranched alkanes of at least 4 members (excludes halogenated alkanes) is 1. The first-order valence-corrected chi connectivity index (χ1v) is 9.26. The highest BCUT2D eigenvalue weighted by Crippen LogP contribution is 2.17. The zero-order chi connectivity index (χ0) is 18.2. The van der Waals surface area contributed by atoms with Crippen LogP contribution in [0.15, 0.2) is 42.6 Å². The second kappa shape index (κ2) is 9.73. The number of nitrogens with zero attached hydrogens (tertiary/aromatic N) is 2. The predicted octanol–water partition coefficient (Wildman–Crippen LogP) is 4.48. The number of alkyl halides is 2. The molecule has 2 rings (SSSR count). The van der Waals surface area contributed by atoms with Crippen LogP contribution < -0.4 is 4.74 Å². The van der Waals surface area contributed by atoms with Crippen LogP contribution in [0, 0.1) is 0 Å². The topological polar surface area (TPSA) is 34.5 Å². The maximum absolute atomic E-state index is 12.3. The maximum atomic E-state index is 12.3. The molecule has 6 heteroatoms. The van der Waals surface area contributed by atoms with E-state index in [9.17, 15) is 4.79 Å². The Morgan fingerprint density at radius 1 is 1.28 bits per heavy atom. The molecular weight excluding hydrogens is 359 g/mol. The van der Waals surface area contributed by atoms with Gasteiger partial charge in [-0.2, -0.15) is 0 Å². The van der Waals surface area contributed by atoms with Gasteiger partial charge in [0.05, 0.1) is 13.7 Å². The summed E-state index contributed by atoms with van der Waals surface area (Å²) in [6.07, 6.45) is 3.93. The fourth-order valence-electron chi connectivity index (χ4n) is 2.66. The standard InChI is InChI=1S/C19H24Cl2N2O2/c1-3-4-10-23(19(24)18(20)21)14-16-8-6-11-22(16)13-15-7-5-9-17(12-15)25-2/h5-9,11-12,18H,3-4,10,13-14H2,1-2H3. The van der Waals surface area contributed by atoms with E-state index in [0.29, 0.717) is 19.6 Å². The minimum absolute atomic E-state index is 0.245. The van der Waals surface area contributed by atoms with E-state index >= 15 is 0 Å². The molecule has 1 aromatic carbocycles. The first kappa shape index (κ1) is 19.7. The highest BCUT2D eigenvalue weighted by atomic mass is 35.5. The number of carbonyl (C=O) groups excluding carboxylic acids is 1. The molecule has 0 N–H and O–H groups in total. The summed E-state index contributed by atoms with van der Waals surface area (Å²) < 4.78 is 7.40. The van der Waals surface area contributed by atoms with Gasteiger partial charge < -0.3 is 14.2 Å². The quantitative estimate of drug-likeness (QED) is 0.599. The zero-order valence-corrected chi connectivity index (χ0v) is 16.1. The van der Waals surface area contributed by atoms with Crippen LogP contribution in [-0.4, -0.2) is 33.9 Å². The summed E-state index contributed by atoms with van der Waals surface area (Å²) in [7, 11) is 1.66. The molecule has 1 heterocycles. The Balaban J connectivity index is 2.14. The van der Waals surface area contributed by atoms with Crippen molar-refractivity contribution in [2.45, 2.75) is 37.7 Å². The smallest absolute Gasteiger partial charge is 0.256 e. The second-order valence-electron chi connectivity index (χ2n) is 5.89. The first-order chi connectivity index (χ1) is 12.0. The fraction of sp³-hybridized carbons (Fsp3) is 0.421. The van der Waals surface area contributed by atoms with Gasteiger partial charge in [-0.3, -0.25) is 4.79 Å². The zero-order valence-electron chi connectivity index (χ0n) is 14.6. The van der Waals surface area contributed by atoms with Crippen molar-refractivity contribution < 1.29 is 9.53 Å². The summed E-state index contributed by atoms with van der Waals surface area (Å²) in [5.74, 6) is 0.587. The molecule has 25 heavy (non-hydrogen) atoms. The Morgan fingerprint density at radius 3 is 2.76 bits per heavy atom. The largest absolute Gasteiger partial charge is 0.497 e. The lowest BCUT2D eigenvalue weighted by atomic mass is 10.2. The number of hydrogen-bond acceptors (Lipinski definition) is 2. The number of hydrogen-bond donors (Lipinski definition) is 0. The lowest BCUT2D eigenvalue weighted by Gasteiger charge is -2.24. The number of rotatable bonds is 9. The van der Waals surface area contributed by atoms with Crippen molar-refractivity contribution in [3.63, 3.8) is 0 Å². The van der Waals surface area contributed by atoms with Crippen LogP contribution in [-0.2, 0) is 17.9 Å². The molecule has 0 saturated carbocycles. The highest BCUT2D eigenvalue weighted by molar-refractivity contribution is 6.53. The molecule has 0 aliphatic rings. The number of benzene rings is 1. The van der Waals surface area contributed by atoms with E-state index in [4.69, 9.17) is 27.9 Å². The minimum Gasteiger partial charge on any atom is -0.497 e. The molecule has 0 atom stereocenters. The van der Waals surface area contributed by atoms with Crippen molar-refractivity contribution in [1.29, 1.82) is 0 Å². The Bertz CT molecular complexity index is 686. The molecule has 1 amide bonds. The average Bonchev–Trinajstić information content (AvgIpc) is 3.04. The van der Waals surface area contributed by atoms with Gasteiger partial charge in [0.2, 0.25) is 0 Å². The Hall–Kier alpha value is -1.65. The predicted molar refractivity (Wildman–Crippen MR) is 102 cm³/mol. The normalized spacial score (nSPS) is 10.9. The van der Waals surface area contributed by atoms with Gasteiger partial charge >= 0.3 is 0 Å². The van der Waals surface area contributed by atoms with E-state index in [1.54, 1.807) is 12.0 Å². The van der Waals surface area contributed by atoms with E-state index in [1.807, 2.05) is 36.5 Å². The van der Waals surface area contributed by atoms with Crippen LogP contribution in [0.2, 0.25) is 0 Å². The third-order valence-electron chi connectivity index (χ3n) is 4.04. The molecule has 0 fully saturated rings. The molecule has 2 aromatic rings. The SMILES string of the molecule is CCCCN(Cc1cccn1Cc1cccc(OC)c1)C(=O)C(Cl)Cl. The number of methoxy groups -OCH3 is 1. The molecule has 0 unspecified atom stereocenters. The molecular formula is C19H24Cl2N2O2. The van der Waals surface area contributed by atoms with E-state index < -0.39 is 4.84 Å². The van der Waals surface area contributed by atoms with Crippen molar-refractivity contribution in [3.8, 4) is 5.75 Å². The summed E-state index contributed by atoms with van der Waals surface area (Å²) >= 11 is 11.6. The summed E-state index contributed by atoms with van der Waals surface area (Å²) in [5.41, 5.74) is 2.18. The lowest BCUT2D eigenvalue weighted by molar-refractivity contribution is -0.130. The van der Waals surface area contributed by atoms with Gasteiger partial charge in [-0.05, 0) is 36.2 Å². The number of ether oxygens (including phenoxy) is 1. The van der Waals surface area contributed by atoms with Crippen LogP contribution in [0.5, 0.6) is 5.75 Å². The van der Waals surface area contributed by atoms with Crippen LogP contribution in [0.1, 0.15) is 31.0 Å². The van der Waals surface area contributed by atoms with Crippen molar-refractivity contribution in [3.05, 3.63) is 53.9 Å². The maximum Gasteiger partial charge on any atom is 0.256 e. The molecule has 0 aliphatic heterocycles. The molecule has 0 radical (unpaired) electrons. The highest BCUT2D eigenvalue weighted by Gasteiger charge is 2.21. The monoisotopic (exact) mass is 382 g/mol. The lowest BCUT2D eigenvalue weighted by Crippen LogP contribution is -2.35. The molecule has 0 bridgehead atoms. The summed E-state index contributed by atoms with van der Waals surface area (Å²) in [4.78, 5) is 13.0. The molecule has 1 aromatic heterocycles. The van der Waals surface area contributed by atoms with Gasteiger partial charge in [-0.15, -0.1) is 0 Å². The van der Waals surface area contributed by atoms with Crippen LogP contribution in [0.25, 0.3) is 0 Å². The van der Waals surface area contributed by atoms with E-state index in [2.05, 4.69) is 17.6 Å². The molecule has 0 saturated heterocycles. The van der Waals surface area contributed by atoms with Gasteiger partial charge in [-0.25, -0.2) is 0 Å². The number of aromatic nitrogens is 1. The van der Waals surface area contributed by atoms with Crippen LogP contribution in [0.3, 0.4) is 0 Å². The van der Waals surface area contributed by atoms with Crippen molar-refractivity contribution in [1.82, 2.24) is 9.47 Å². The van der Waals surface area contributed by atoms with Gasteiger partial charge in [0, 0.05) is 25.0 Å². The van der Waals surface area contributed by atoms with Crippen molar-refractivity contribution in [2.75, 3.05) is 13.7 Å². The Morgan fingerprint density at radius 2 is 2.08 bits per heavy atom. The minimum atomic E-state index is -1.03. The number of halogens is 2. The van der Waals surface area contributed by atoms with Gasteiger partial charge in [-0.1, -0.05) is 48.7 Å². The van der Waals surface area contributed by atoms with Gasteiger partial charge in [0.25, 0.3) is 5.91 Å². The second-order valence-corrected chi connectivity index (χ2v) is 6.99.